The molecule has 0 amide bonds. The molecule has 1 saturated heterocycles. The molecule has 0 aliphatic carbocycles. The molecule has 8 heteroatoms. The van der Waals surface area contributed by atoms with Crippen LogP contribution in [0.15, 0.2) is 29.3 Å². The summed E-state index contributed by atoms with van der Waals surface area (Å²) in [5.41, 5.74) is -0.350. The molecule has 1 aliphatic rings. The number of rotatable bonds is 5. The van der Waals surface area contributed by atoms with E-state index >= 15 is 0 Å². The number of hydrogen-bond acceptors (Lipinski definition) is 2. The van der Waals surface area contributed by atoms with E-state index in [0.717, 1.165) is 51.2 Å². The zero-order chi connectivity index (χ0) is 21.3. The molecule has 168 valence electrons. The van der Waals surface area contributed by atoms with Crippen molar-refractivity contribution in [3.8, 4) is 11.8 Å². The van der Waals surface area contributed by atoms with E-state index in [1.54, 1.807) is 6.07 Å². The SMILES string of the molecule is CCNC(=NCC#Cc1cccc(C(F)(F)F)c1)NC1CCN(CC(C)C)CC1.I. The molecule has 1 heterocycles. The van der Waals surface area contributed by atoms with Crippen molar-refractivity contribution < 1.29 is 13.2 Å². The van der Waals surface area contributed by atoms with Crippen LogP contribution in [0.1, 0.15) is 44.7 Å². The Morgan fingerprint density at radius 2 is 1.97 bits per heavy atom. The number of alkyl halides is 3. The van der Waals surface area contributed by atoms with Crippen LogP contribution in [0.25, 0.3) is 0 Å². The molecule has 0 saturated carbocycles. The molecule has 30 heavy (non-hydrogen) atoms. The molecule has 2 rings (SSSR count). The molecule has 0 unspecified atom stereocenters. The first kappa shape index (κ1) is 26.6. The zero-order valence-electron chi connectivity index (χ0n) is 17.9. The Kier molecular flexibility index (Phi) is 11.6. The molecular formula is C22H32F3IN4. The lowest BCUT2D eigenvalue weighted by atomic mass is 10.0. The molecule has 0 atom stereocenters. The van der Waals surface area contributed by atoms with Gasteiger partial charge in [-0.2, -0.15) is 13.2 Å². The topological polar surface area (TPSA) is 39.7 Å². The summed E-state index contributed by atoms with van der Waals surface area (Å²) >= 11 is 0. The third-order valence-corrected chi connectivity index (χ3v) is 4.63. The number of piperidine rings is 1. The van der Waals surface area contributed by atoms with Gasteiger partial charge in [-0.3, -0.25) is 0 Å². The van der Waals surface area contributed by atoms with E-state index in [4.69, 9.17) is 0 Å². The van der Waals surface area contributed by atoms with Crippen LogP contribution in [0.2, 0.25) is 0 Å². The van der Waals surface area contributed by atoms with Gasteiger partial charge in [0, 0.05) is 37.8 Å². The van der Waals surface area contributed by atoms with Crippen molar-refractivity contribution in [1.29, 1.82) is 0 Å². The molecule has 1 aromatic rings. The van der Waals surface area contributed by atoms with Crippen LogP contribution in [0.5, 0.6) is 0 Å². The van der Waals surface area contributed by atoms with Crippen molar-refractivity contribution in [2.24, 2.45) is 10.9 Å². The smallest absolute Gasteiger partial charge is 0.357 e. The summed E-state index contributed by atoms with van der Waals surface area (Å²) in [5.74, 6) is 6.98. The number of nitrogens with one attached hydrogen (secondary N) is 2. The minimum absolute atomic E-state index is 0. The van der Waals surface area contributed by atoms with Crippen molar-refractivity contribution in [1.82, 2.24) is 15.5 Å². The number of nitrogens with zero attached hydrogens (tertiary/aromatic N) is 2. The summed E-state index contributed by atoms with van der Waals surface area (Å²) in [7, 11) is 0. The first-order valence-electron chi connectivity index (χ1n) is 10.2. The van der Waals surface area contributed by atoms with E-state index in [2.05, 4.69) is 46.2 Å². The Hall–Kier alpha value is -1.47. The minimum atomic E-state index is -4.36. The minimum Gasteiger partial charge on any atom is -0.357 e. The van der Waals surface area contributed by atoms with Gasteiger partial charge in [-0.25, -0.2) is 4.99 Å². The third kappa shape index (κ3) is 9.56. The van der Waals surface area contributed by atoms with E-state index in [1.807, 2.05) is 6.92 Å². The highest BCUT2D eigenvalue weighted by atomic mass is 127. The molecule has 0 bridgehead atoms. The highest BCUT2D eigenvalue weighted by molar-refractivity contribution is 14.0. The second-order valence-electron chi connectivity index (χ2n) is 7.69. The van der Waals surface area contributed by atoms with E-state index < -0.39 is 11.7 Å². The fourth-order valence-electron chi connectivity index (χ4n) is 3.32. The van der Waals surface area contributed by atoms with Crippen molar-refractivity contribution >= 4 is 29.9 Å². The Balaban J connectivity index is 0.00000450. The fraction of sp³-hybridized carbons (Fsp3) is 0.591. The lowest BCUT2D eigenvalue weighted by Gasteiger charge is -2.33. The van der Waals surface area contributed by atoms with Gasteiger partial charge in [-0.1, -0.05) is 31.8 Å². The first-order chi connectivity index (χ1) is 13.8. The molecule has 0 aromatic heterocycles. The van der Waals surface area contributed by atoms with Crippen LogP contribution in [0.4, 0.5) is 13.2 Å². The second-order valence-corrected chi connectivity index (χ2v) is 7.69. The van der Waals surface area contributed by atoms with Gasteiger partial charge in [0.25, 0.3) is 0 Å². The quantitative estimate of drug-likeness (QED) is 0.255. The van der Waals surface area contributed by atoms with Crippen molar-refractivity contribution in [2.75, 3.05) is 32.7 Å². The lowest BCUT2D eigenvalue weighted by Crippen LogP contribution is -2.49. The number of halogens is 4. The summed E-state index contributed by atoms with van der Waals surface area (Å²) in [6.45, 7) is 10.7. The summed E-state index contributed by atoms with van der Waals surface area (Å²) in [4.78, 5) is 6.94. The largest absolute Gasteiger partial charge is 0.416 e. The van der Waals surface area contributed by atoms with Crippen molar-refractivity contribution in [2.45, 2.75) is 45.8 Å². The number of benzene rings is 1. The highest BCUT2D eigenvalue weighted by Gasteiger charge is 2.30. The zero-order valence-corrected chi connectivity index (χ0v) is 20.2. The normalized spacial score (nSPS) is 15.9. The fourth-order valence-corrected chi connectivity index (χ4v) is 3.32. The molecule has 1 aromatic carbocycles. The van der Waals surface area contributed by atoms with Crippen LogP contribution in [-0.2, 0) is 6.18 Å². The van der Waals surface area contributed by atoms with Gasteiger partial charge in [0.1, 0.15) is 6.54 Å². The number of hydrogen-bond donors (Lipinski definition) is 2. The molecule has 0 spiro atoms. The van der Waals surface area contributed by atoms with Gasteiger partial charge < -0.3 is 15.5 Å². The molecule has 1 aliphatic heterocycles. The number of aliphatic imine (C=N–C) groups is 1. The highest BCUT2D eigenvalue weighted by Crippen LogP contribution is 2.29. The lowest BCUT2D eigenvalue weighted by molar-refractivity contribution is -0.137. The van der Waals surface area contributed by atoms with Gasteiger partial charge in [0.2, 0.25) is 0 Å². The molecule has 2 N–H and O–H groups in total. The summed E-state index contributed by atoms with van der Waals surface area (Å²) in [6, 6.07) is 5.41. The summed E-state index contributed by atoms with van der Waals surface area (Å²) in [6.07, 6.45) is -2.23. The predicted molar refractivity (Wildman–Crippen MR) is 127 cm³/mol. The van der Waals surface area contributed by atoms with Crippen molar-refractivity contribution in [3.63, 3.8) is 0 Å². The van der Waals surface area contributed by atoms with Crippen LogP contribution in [-0.4, -0.2) is 49.6 Å². The van der Waals surface area contributed by atoms with Gasteiger partial charge in [-0.15, -0.1) is 24.0 Å². The maximum absolute atomic E-state index is 12.8. The maximum atomic E-state index is 12.8. The molecule has 0 radical (unpaired) electrons. The number of likely N-dealkylation sites (tertiary alicyclic amines) is 1. The average Bonchev–Trinajstić information content (AvgIpc) is 2.66. The Morgan fingerprint density at radius 3 is 2.57 bits per heavy atom. The Bertz CT molecular complexity index is 730. The van der Waals surface area contributed by atoms with Gasteiger partial charge in [-0.05, 0) is 43.9 Å². The second kappa shape index (κ2) is 13.1. The van der Waals surface area contributed by atoms with E-state index in [0.29, 0.717) is 23.5 Å². The standard InChI is InChI=1S/C22H31F3N4.HI/c1-4-26-21(28-20-10-13-29(14-11-20)16-17(2)3)27-12-6-8-18-7-5-9-19(15-18)22(23,24)25;/h5,7,9,15,17,20H,4,10-14,16H2,1-3H3,(H2,26,27,28);1H. The average molecular weight is 536 g/mol. The number of guanidine groups is 1. The van der Waals surface area contributed by atoms with E-state index in [-0.39, 0.29) is 30.5 Å². The molecule has 4 nitrogen and oxygen atoms in total. The predicted octanol–water partition coefficient (Wildman–Crippen LogP) is 4.35. The maximum Gasteiger partial charge on any atom is 0.416 e. The van der Waals surface area contributed by atoms with Gasteiger partial charge in [0.15, 0.2) is 5.96 Å². The van der Waals surface area contributed by atoms with Gasteiger partial charge >= 0.3 is 6.18 Å². The first-order valence-corrected chi connectivity index (χ1v) is 10.2. The third-order valence-electron chi connectivity index (χ3n) is 4.63. The van der Waals surface area contributed by atoms with Crippen LogP contribution in [0, 0.1) is 17.8 Å². The van der Waals surface area contributed by atoms with E-state index in [1.165, 1.54) is 6.07 Å². The van der Waals surface area contributed by atoms with Gasteiger partial charge in [0.05, 0.1) is 5.56 Å². The van der Waals surface area contributed by atoms with Crippen LogP contribution >= 0.6 is 24.0 Å². The van der Waals surface area contributed by atoms with Crippen LogP contribution in [0.3, 0.4) is 0 Å². The summed E-state index contributed by atoms with van der Waals surface area (Å²) in [5, 5.41) is 6.66. The summed E-state index contributed by atoms with van der Waals surface area (Å²) < 4.78 is 38.3. The molecule has 1 fully saturated rings. The molecular weight excluding hydrogens is 504 g/mol. The Morgan fingerprint density at radius 1 is 1.27 bits per heavy atom. The Labute approximate surface area is 195 Å². The van der Waals surface area contributed by atoms with Crippen LogP contribution < -0.4 is 10.6 Å². The van der Waals surface area contributed by atoms with Crippen molar-refractivity contribution in [3.05, 3.63) is 35.4 Å². The monoisotopic (exact) mass is 536 g/mol. The van der Waals surface area contributed by atoms with E-state index in [9.17, 15) is 13.2 Å².